The van der Waals surface area contributed by atoms with E-state index in [-0.39, 0.29) is 6.54 Å². The topological polar surface area (TPSA) is 88.3 Å². The van der Waals surface area contributed by atoms with Gasteiger partial charge < -0.3 is 0 Å². The molecule has 1 aliphatic rings. The lowest BCUT2D eigenvalue weighted by molar-refractivity contribution is 0.263. The summed E-state index contributed by atoms with van der Waals surface area (Å²) in [4.78, 5) is 41.6. The number of hydrogen-bond donors (Lipinski definition) is 0. The predicted octanol–water partition coefficient (Wildman–Crippen LogP) is 0.675. The molecule has 0 radical (unpaired) electrons. The minimum Gasteiger partial charge on any atom is -0.211 e. The molecule has 6 heteroatoms. The van der Waals surface area contributed by atoms with E-state index in [4.69, 9.17) is 0 Å². The molecule has 0 spiro atoms. The highest BCUT2D eigenvalue weighted by Crippen LogP contribution is 2.34. The maximum atomic E-state index is 10.4. The van der Waals surface area contributed by atoms with Crippen LogP contribution in [0.3, 0.4) is 0 Å². The molecule has 0 aromatic carbocycles. The van der Waals surface area contributed by atoms with Crippen molar-refractivity contribution in [3.8, 4) is 0 Å². The van der Waals surface area contributed by atoms with Crippen molar-refractivity contribution < 1.29 is 14.4 Å². The van der Waals surface area contributed by atoms with Gasteiger partial charge in [0.2, 0.25) is 18.2 Å². The highest BCUT2D eigenvalue weighted by Gasteiger charge is 2.41. The Morgan fingerprint density at radius 3 is 2.56 bits per heavy atom. The van der Waals surface area contributed by atoms with Gasteiger partial charge >= 0.3 is 0 Å². The highest BCUT2D eigenvalue weighted by molar-refractivity contribution is 5.39. The average molecular weight is 221 g/mol. The first-order chi connectivity index (χ1) is 7.79. The third kappa shape index (κ3) is 2.59. The molecule has 1 rings (SSSR count). The minimum absolute atomic E-state index is 0.0155. The molecule has 1 aliphatic carbocycles. The van der Waals surface area contributed by atoms with Crippen LogP contribution in [0.15, 0.2) is 15.0 Å². The Kier molecular flexibility index (Phi) is 4.49. The summed E-state index contributed by atoms with van der Waals surface area (Å²) in [5, 5.41) is 0. The third-order valence-electron chi connectivity index (χ3n) is 2.85. The zero-order valence-electron chi connectivity index (χ0n) is 8.68. The van der Waals surface area contributed by atoms with E-state index in [1.54, 1.807) is 0 Å². The van der Waals surface area contributed by atoms with Gasteiger partial charge in [0.15, 0.2) is 0 Å². The first kappa shape index (κ1) is 12.2. The second-order valence-corrected chi connectivity index (χ2v) is 3.70. The van der Waals surface area contributed by atoms with Crippen LogP contribution in [0.25, 0.3) is 0 Å². The molecule has 0 bridgehead atoms. The quantitative estimate of drug-likeness (QED) is 0.516. The Morgan fingerprint density at radius 2 is 1.94 bits per heavy atom. The summed E-state index contributed by atoms with van der Waals surface area (Å²) in [6, 6.07) is -0.447. The third-order valence-corrected chi connectivity index (χ3v) is 2.85. The van der Waals surface area contributed by atoms with Gasteiger partial charge in [0.25, 0.3) is 0 Å². The Morgan fingerprint density at radius 1 is 1.12 bits per heavy atom. The summed E-state index contributed by atoms with van der Waals surface area (Å²) in [6.07, 6.45) is 7.29. The molecule has 0 aliphatic heterocycles. The van der Waals surface area contributed by atoms with Crippen LogP contribution in [0.4, 0.5) is 0 Å². The molecule has 2 unspecified atom stereocenters. The Hall–Kier alpha value is -1.86. The normalized spacial score (nSPS) is 28.1. The number of aliphatic imine (C=N–C) groups is 3. The van der Waals surface area contributed by atoms with Crippen LogP contribution in [0.5, 0.6) is 0 Å². The van der Waals surface area contributed by atoms with Crippen LogP contribution in [-0.4, -0.2) is 36.4 Å². The van der Waals surface area contributed by atoms with Gasteiger partial charge in [-0.05, 0) is 12.8 Å². The Labute approximate surface area is 92.2 Å². The standard InChI is InChI=1S/C10H11N3O3/c14-6-11-5-10(13-8-16)4-2-1-3-9(10)12-7-15/h9H,1-5H2. The van der Waals surface area contributed by atoms with Crippen molar-refractivity contribution in [2.24, 2.45) is 15.0 Å². The van der Waals surface area contributed by atoms with E-state index < -0.39 is 11.6 Å². The van der Waals surface area contributed by atoms with Gasteiger partial charge in [0.05, 0.1) is 12.6 Å². The number of carbonyl (C=O) groups excluding carboxylic acids is 3. The lowest BCUT2D eigenvalue weighted by Gasteiger charge is -2.35. The van der Waals surface area contributed by atoms with Crippen molar-refractivity contribution in [3.05, 3.63) is 0 Å². The lowest BCUT2D eigenvalue weighted by Crippen LogP contribution is -2.44. The Balaban J connectivity index is 3.05. The van der Waals surface area contributed by atoms with Crippen LogP contribution in [0, 0.1) is 0 Å². The summed E-state index contributed by atoms with van der Waals surface area (Å²) in [5.74, 6) is 0. The molecule has 0 amide bonds. The summed E-state index contributed by atoms with van der Waals surface area (Å²) in [5.41, 5.74) is -0.908. The average Bonchev–Trinajstić information content (AvgIpc) is 2.30. The van der Waals surface area contributed by atoms with E-state index in [9.17, 15) is 14.4 Å². The number of hydrogen-bond acceptors (Lipinski definition) is 6. The van der Waals surface area contributed by atoms with Crippen molar-refractivity contribution >= 4 is 18.2 Å². The smallest absolute Gasteiger partial charge is 0.211 e. The van der Waals surface area contributed by atoms with Crippen LogP contribution in [0.2, 0.25) is 0 Å². The van der Waals surface area contributed by atoms with Gasteiger partial charge in [0, 0.05) is 0 Å². The van der Waals surface area contributed by atoms with E-state index in [0.717, 1.165) is 12.8 Å². The Bertz CT molecular complexity index is 390. The molecule has 1 fully saturated rings. The SMILES string of the molecule is O=C=NCC1(N=C=O)CCCCC1N=C=O. The van der Waals surface area contributed by atoms with Crippen LogP contribution >= 0.6 is 0 Å². The molecule has 0 aromatic heterocycles. The molecule has 0 saturated heterocycles. The van der Waals surface area contributed by atoms with Crippen LogP contribution in [-0.2, 0) is 14.4 Å². The molecule has 1 saturated carbocycles. The number of isocyanates is 3. The van der Waals surface area contributed by atoms with Crippen LogP contribution in [0.1, 0.15) is 25.7 Å². The van der Waals surface area contributed by atoms with E-state index in [1.807, 2.05) is 0 Å². The maximum absolute atomic E-state index is 10.4. The molecule has 2 atom stereocenters. The van der Waals surface area contributed by atoms with E-state index in [2.05, 4.69) is 15.0 Å². The molecule has 0 N–H and O–H groups in total. The first-order valence-corrected chi connectivity index (χ1v) is 4.99. The molecule has 6 nitrogen and oxygen atoms in total. The van der Waals surface area contributed by atoms with Gasteiger partial charge in [-0.15, -0.1) is 0 Å². The molecular formula is C10H11N3O3. The lowest BCUT2D eigenvalue weighted by atomic mass is 9.78. The van der Waals surface area contributed by atoms with Gasteiger partial charge in [-0.3, -0.25) is 0 Å². The fourth-order valence-corrected chi connectivity index (χ4v) is 2.06. The van der Waals surface area contributed by atoms with Crippen molar-refractivity contribution in [3.63, 3.8) is 0 Å². The van der Waals surface area contributed by atoms with Crippen molar-refractivity contribution in [2.45, 2.75) is 37.3 Å². The fraction of sp³-hybridized carbons (Fsp3) is 0.700. The zero-order valence-corrected chi connectivity index (χ0v) is 8.68. The zero-order chi connectivity index (χ0) is 11.9. The largest absolute Gasteiger partial charge is 0.235 e. The molecule has 0 aromatic rings. The van der Waals surface area contributed by atoms with E-state index in [0.29, 0.717) is 12.8 Å². The molecule has 16 heavy (non-hydrogen) atoms. The van der Waals surface area contributed by atoms with E-state index >= 15 is 0 Å². The molecule has 84 valence electrons. The van der Waals surface area contributed by atoms with Crippen molar-refractivity contribution in [2.75, 3.05) is 6.54 Å². The summed E-state index contributed by atoms with van der Waals surface area (Å²) >= 11 is 0. The second-order valence-electron chi connectivity index (χ2n) is 3.70. The second kappa shape index (κ2) is 5.89. The maximum Gasteiger partial charge on any atom is 0.235 e. The van der Waals surface area contributed by atoms with E-state index in [1.165, 1.54) is 18.2 Å². The number of nitrogens with zero attached hydrogens (tertiary/aromatic N) is 3. The van der Waals surface area contributed by atoms with Gasteiger partial charge in [-0.25, -0.2) is 19.4 Å². The fourth-order valence-electron chi connectivity index (χ4n) is 2.06. The summed E-state index contributed by atoms with van der Waals surface area (Å²) < 4.78 is 0. The molecular weight excluding hydrogens is 210 g/mol. The van der Waals surface area contributed by atoms with Gasteiger partial charge in [0.1, 0.15) is 5.54 Å². The monoisotopic (exact) mass is 221 g/mol. The highest BCUT2D eigenvalue weighted by atomic mass is 16.1. The summed E-state index contributed by atoms with van der Waals surface area (Å²) in [7, 11) is 0. The van der Waals surface area contributed by atoms with Gasteiger partial charge in [-0.2, -0.15) is 9.98 Å². The summed E-state index contributed by atoms with van der Waals surface area (Å²) in [6.45, 7) is 0.0155. The predicted molar refractivity (Wildman–Crippen MR) is 54.2 cm³/mol. The van der Waals surface area contributed by atoms with Crippen LogP contribution < -0.4 is 0 Å². The first-order valence-electron chi connectivity index (χ1n) is 4.99. The molecule has 0 heterocycles. The van der Waals surface area contributed by atoms with Gasteiger partial charge in [-0.1, -0.05) is 12.8 Å². The minimum atomic E-state index is -0.908. The van der Waals surface area contributed by atoms with Crippen molar-refractivity contribution in [1.82, 2.24) is 0 Å². The van der Waals surface area contributed by atoms with Crippen molar-refractivity contribution in [1.29, 1.82) is 0 Å². The number of rotatable bonds is 4.